The van der Waals surface area contributed by atoms with Gasteiger partial charge in [-0.1, -0.05) is 54.6 Å². The summed E-state index contributed by atoms with van der Waals surface area (Å²) in [6.07, 6.45) is 5.61. The molecule has 0 spiro atoms. The van der Waals surface area contributed by atoms with E-state index in [4.69, 9.17) is 0 Å². The summed E-state index contributed by atoms with van der Waals surface area (Å²) in [5.74, 6) is 0.832. The van der Waals surface area contributed by atoms with Gasteiger partial charge in [0.1, 0.15) is 0 Å². The third kappa shape index (κ3) is 5.48. The van der Waals surface area contributed by atoms with Crippen molar-refractivity contribution in [2.45, 2.75) is 26.6 Å². The molecule has 1 heterocycles. The average molecular weight is 347 g/mol. The van der Waals surface area contributed by atoms with Crippen molar-refractivity contribution in [2.75, 3.05) is 6.54 Å². The highest BCUT2D eigenvalue weighted by Crippen LogP contribution is 2.06. The Morgan fingerprint density at radius 3 is 2.42 bits per heavy atom. The Kier molecular flexibility index (Phi) is 6.42. The number of benzene rings is 2. The summed E-state index contributed by atoms with van der Waals surface area (Å²) in [7, 11) is 0. The zero-order valence-electron chi connectivity index (χ0n) is 15.1. The summed E-state index contributed by atoms with van der Waals surface area (Å²) >= 11 is 0. The molecule has 0 bridgehead atoms. The van der Waals surface area contributed by atoms with Crippen LogP contribution in [0.5, 0.6) is 0 Å². The highest BCUT2D eigenvalue weighted by Gasteiger charge is 2.00. The van der Waals surface area contributed by atoms with Crippen molar-refractivity contribution >= 4 is 5.96 Å². The fourth-order valence-corrected chi connectivity index (χ4v) is 2.63. The van der Waals surface area contributed by atoms with E-state index in [-0.39, 0.29) is 0 Å². The van der Waals surface area contributed by atoms with Crippen LogP contribution in [0.1, 0.15) is 23.6 Å². The standard InChI is InChI=1S/C21H25N5/c1-2-23-21(24-14-18-6-4-3-5-7-18)25-15-19-8-10-20(11-9-19)16-26-13-12-22-17-26/h3-13,17H,2,14-16H2,1H3,(H2,23,24,25). The first-order chi connectivity index (χ1) is 12.8. The quantitative estimate of drug-likeness (QED) is 0.510. The molecule has 0 amide bonds. The zero-order chi connectivity index (χ0) is 18.0. The first-order valence-corrected chi connectivity index (χ1v) is 8.93. The Balaban J connectivity index is 1.54. The van der Waals surface area contributed by atoms with Crippen LogP contribution in [0.25, 0.3) is 0 Å². The molecule has 0 fully saturated rings. The number of nitrogens with zero attached hydrogens (tertiary/aromatic N) is 3. The predicted octanol–water partition coefficient (Wildman–Crippen LogP) is 3.19. The number of aliphatic imine (C=N–C) groups is 1. The molecule has 0 saturated carbocycles. The maximum atomic E-state index is 4.65. The number of imidazole rings is 1. The van der Waals surface area contributed by atoms with E-state index in [1.54, 1.807) is 6.20 Å². The van der Waals surface area contributed by atoms with Gasteiger partial charge in [-0.15, -0.1) is 0 Å². The van der Waals surface area contributed by atoms with Crippen LogP contribution in [0.2, 0.25) is 0 Å². The molecule has 5 nitrogen and oxygen atoms in total. The Morgan fingerprint density at radius 2 is 1.73 bits per heavy atom. The molecule has 26 heavy (non-hydrogen) atoms. The molecule has 0 aliphatic rings. The van der Waals surface area contributed by atoms with Gasteiger partial charge in [0.2, 0.25) is 0 Å². The Morgan fingerprint density at radius 1 is 0.962 bits per heavy atom. The Bertz CT molecular complexity index is 792. The summed E-state index contributed by atoms with van der Waals surface area (Å²) in [6, 6.07) is 18.9. The SMILES string of the molecule is CCNC(=NCc1ccccc1)NCc1ccc(Cn2ccnc2)cc1. The number of nitrogens with one attached hydrogen (secondary N) is 2. The van der Waals surface area contributed by atoms with Gasteiger partial charge in [-0.3, -0.25) is 0 Å². The number of rotatable bonds is 7. The zero-order valence-corrected chi connectivity index (χ0v) is 15.1. The fraction of sp³-hybridized carbons (Fsp3) is 0.238. The van der Waals surface area contributed by atoms with E-state index in [0.29, 0.717) is 6.54 Å². The van der Waals surface area contributed by atoms with Crippen LogP contribution < -0.4 is 10.6 Å². The second kappa shape index (κ2) is 9.42. The van der Waals surface area contributed by atoms with Crippen molar-refractivity contribution in [3.8, 4) is 0 Å². The lowest BCUT2D eigenvalue weighted by Crippen LogP contribution is -2.36. The molecule has 134 valence electrons. The molecule has 0 saturated heterocycles. The van der Waals surface area contributed by atoms with Crippen molar-refractivity contribution in [3.63, 3.8) is 0 Å². The van der Waals surface area contributed by atoms with Gasteiger partial charge in [0.25, 0.3) is 0 Å². The maximum Gasteiger partial charge on any atom is 0.191 e. The molecule has 0 radical (unpaired) electrons. The van der Waals surface area contributed by atoms with Gasteiger partial charge in [0, 0.05) is 32.0 Å². The van der Waals surface area contributed by atoms with Crippen LogP contribution in [0, 0.1) is 0 Å². The average Bonchev–Trinajstić information content (AvgIpc) is 3.19. The fourth-order valence-electron chi connectivity index (χ4n) is 2.63. The summed E-state index contributed by atoms with van der Waals surface area (Å²) in [5.41, 5.74) is 3.69. The minimum atomic E-state index is 0.667. The summed E-state index contributed by atoms with van der Waals surface area (Å²) < 4.78 is 2.06. The molecule has 5 heteroatoms. The highest BCUT2D eigenvalue weighted by atomic mass is 15.2. The molecule has 0 aliphatic heterocycles. The largest absolute Gasteiger partial charge is 0.357 e. The first kappa shape index (κ1) is 17.7. The predicted molar refractivity (Wildman–Crippen MR) is 106 cm³/mol. The van der Waals surface area contributed by atoms with Crippen molar-refractivity contribution in [1.29, 1.82) is 0 Å². The molecule has 2 aromatic carbocycles. The Hall–Kier alpha value is -3.08. The number of guanidine groups is 1. The van der Waals surface area contributed by atoms with E-state index in [2.05, 4.69) is 68.5 Å². The minimum absolute atomic E-state index is 0.667. The summed E-state index contributed by atoms with van der Waals surface area (Å²) in [5, 5.41) is 6.69. The van der Waals surface area contributed by atoms with Crippen LogP contribution in [0.3, 0.4) is 0 Å². The van der Waals surface area contributed by atoms with Gasteiger partial charge in [-0.2, -0.15) is 0 Å². The number of hydrogen-bond acceptors (Lipinski definition) is 2. The smallest absolute Gasteiger partial charge is 0.191 e. The molecule has 0 aliphatic carbocycles. The van der Waals surface area contributed by atoms with Crippen LogP contribution in [0.15, 0.2) is 78.3 Å². The van der Waals surface area contributed by atoms with Gasteiger partial charge in [-0.25, -0.2) is 9.98 Å². The van der Waals surface area contributed by atoms with Gasteiger partial charge in [-0.05, 0) is 23.6 Å². The molecular formula is C21H25N5. The third-order valence-electron chi connectivity index (χ3n) is 4.01. The second-order valence-corrected chi connectivity index (χ2v) is 6.09. The molecule has 1 aromatic heterocycles. The monoisotopic (exact) mass is 347 g/mol. The number of hydrogen-bond donors (Lipinski definition) is 2. The lowest BCUT2D eigenvalue weighted by atomic mass is 10.1. The minimum Gasteiger partial charge on any atom is -0.357 e. The summed E-state index contributed by atoms with van der Waals surface area (Å²) in [4.78, 5) is 8.72. The van der Waals surface area contributed by atoms with Gasteiger partial charge < -0.3 is 15.2 Å². The van der Waals surface area contributed by atoms with Crippen LogP contribution >= 0.6 is 0 Å². The van der Waals surface area contributed by atoms with E-state index < -0.39 is 0 Å². The number of aromatic nitrogens is 2. The van der Waals surface area contributed by atoms with E-state index in [1.165, 1.54) is 16.7 Å². The highest BCUT2D eigenvalue weighted by molar-refractivity contribution is 5.79. The second-order valence-electron chi connectivity index (χ2n) is 6.09. The first-order valence-electron chi connectivity index (χ1n) is 8.93. The topological polar surface area (TPSA) is 54.2 Å². The normalized spacial score (nSPS) is 11.3. The molecule has 2 N–H and O–H groups in total. The lowest BCUT2D eigenvalue weighted by molar-refractivity contribution is 0.793. The lowest BCUT2D eigenvalue weighted by Gasteiger charge is -2.12. The molecule has 0 unspecified atom stereocenters. The molecule has 3 aromatic rings. The molecule has 3 rings (SSSR count). The van der Waals surface area contributed by atoms with Crippen molar-refractivity contribution in [1.82, 2.24) is 20.2 Å². The van der Waals surface area contributed by atoms with Crippen molar-refractivity contribution in [2.24, 2.45) is 4.99 Å². The van der Waals surface area contributed by atoms with Crippen LogP contribution in [-0.4, -0.2) is 22.1 Å². The van der Waals surface area contributed by atoms with E-state index >= 15 is 0 Å². The van der Waals surface area contributed by atoms with Crippen LogP contribution in [-0.2, 0) is 19.6 Å². The van der Waals surface area contributed by atoms with Crippen LogP contribution in [0.4, 0.5) is 0 Å². The van der Waals surface area contributed by atoms with E-state index in [0.717, 1.165) is 25.6 Å². The van der Waals surface area contributed by atoms with Gasteiger partial charge in [0.05, 0.1) is 12.9 Å². The van der Waals surface area contributed by atoms with Crippen molar-refractivity contribution < 1.29 is 0 Å². The molecule has 0 atom stereocenters. The van der Waals surface area contributed by atoms with Gasteiger partial charge >= 0.3 is 0 Å². The van der Waals surface area contributed by atoms with E-state index in [1.807, 2.05) is 30.7 Å². The van der Waals surface area contributed by atoms with Crippen molar-refractivity contribution in [3.05, 3.63) is 90.0 Å². The maximum absolute atomic E-state index is 4.65. The molecular weight excluding hydrogens is 322 g/mol. The Labute approximate surface area is 154 Å². The van der Waals surface area contributed by atoms with Gasteiger partial charge in [0.15, 0.2) is 5.96 Å². The van der Waals surface area contributed by atoms with E-state index in [9.17, 15) is 0 Å². The third-order valence-corrected chi connectivity index (χ3v) is 4.01. The summed E-state index contributed by atoms with van der Waals surface area (Å²) in [6.45, 7) is 5.16.